The molecule has 0 unspecified atom stereocenters. The average Bonchev–Trinajstić information content (AvgIpc) is 3.35. The van der Waals surface area contributed by atoms with Crippen molar-refractivity contribution in [1.82, 2.24) is 4.57 Å². The molecule has 0 spiro atoms. The number of hydrogen-bond donors (Lipinski definition) is 0. The van der Waals surface area contributed by atoms with E-state index in [2.05, 4.69) is 4.99 Å². The lowest BCUT2D eigenvalue weighted by atomic mass is 10.3. The van der Waals surface area contributed by atoms with Crippen molar-refractivity contribution in [3.63, 3.8) is 0 Å². The van der Waals surface area contributed by atoms with Crippen LogP contribution in [0, 0.1) is 10.1 Å². The second kappa shape index (κ2) is 6.97. The van der Waals surface area contributed by atoms with Gasteiger partial charge in [-0.05, 0) is 19.1 Å². The van der Waals surface area contributed by atoms with E-state index in [-0.39, 0.29) is 11.8 Å². The van der Waals surface area contributed by atoms with Crippen LogP contribution in [-0.4, -0.2) is 22.2 Å². The molecule has 0 saturated heterocycles. The first-order valence-electron chi connectivity index (χ1n) is 7.99. The molecule has 0 aliphatic carbocycles. The van der Waals surface area contributed by atoms with E-state index in [1.165, 1.54) is 29.6 Å². The number of carbonyl (C=O) groups is 1. The number of carbonyl (C=O) groups excluding carboxylic acids is 1. The Balaban J connectivity index is 1.66. The largest absolute Gasteiger partial charge is 0.454 e. The Morgan fingerprint density at radius 1 is 1.33 bits per heavy atom. The maximum absolute atomic E-state index is 12.2. The normalized spacial score (nSPS) is 13.7. The maximum atomic E-state index is 12.2. The molecule has 1 aromatic carbocycles. The number of thiazole rings is 1. The molecule has 1 amide bonds. The highest BCUT2D eigenvalue weighted by Gasteiger charge is 2.17. The van der Waals surface area contributed by atoms with Crippen molar-refractivity contribution < 1.29 is 19.2 Å². The lowest BCUT2D eigenvalue weighted by Crippen LogP contribution is -2.15. The number of rotatable bonds is 4. The first kappa shape index (κ1) is 17.4. The Kier molecular flexibility index (Phi) is 4.50. The molecule has 4 rings (SSSR count). The van der Waals surface area contributed by atoms with Crippen LogP contribution in [0.3, 0.4) is 0 Å². The third kappa shape index (κ3) is 3.36. The summed E-state index contributed by atoms with van der Waals surface area (Å²) in [5, 5.41) is 10.7. The lowest BCUT2D eigenvalue weighted by Gasteiger charge is -2.01. The number of ether oxygens (including phenoxy) is 2. The van der Waals surface area contributed by atoms with Crippen molar-refractivity contribution in [2.45, 2.75) is 13.5 Å². The molecular weight excluding hydrogens is 390 g/mol. The number of nitro groups is 1. The van der Waals surface area contributed by atoms with Gasteiger partial charge in [-0.25, -0.2) is 0 Å². The van der Waals surface area contributed by atoms with Gasteiger partial charge in [0.2, 0.25) is 6.79 Å². The van der Waals surface area contributed by atoms with Gasteiger partial charge in [-0.2, -0.15) is 4.99 Å². The Hall–Kier alpha value is -2.98. The molecule has 3 aromatic rings. The van der Waals surface area contributed by atoms with Crippen LogP contribution in [-0.2, 0) is 11.3 Å². The smallest absolute Gasteiger partial charge is 0.324 e. The molecule has 0 N–H and O–H groups in total. The van der Waals surface area contributed by atoms with Gasteiger partial charge in [-0.1, -0.05) is 22.7 Å². The van der Waals surface area contributed by atoms with Gasteiger partial charge in [0.15, 0.2) is 16.3 Å². The summed E-state index contributed by atoms with van der Waals surface area (Å²) in [7, 11) is 0. The van der Waals surface area contributed by atoms with E-state index < -0.39 is 10.8 Å². The van der Waals surface area contributed by atoms with Crippen LogP contribution in [0.5, 0.6) is 11.5 Å². The molecule has 3 heterocycles. The standard InChI is InChI=1S/C17H13N3O5S2/c1-2-19-11-7-12-13(25-9-24-12)8-14(11)27-17(19)18-15(21)5-3-10-4-6-16(26-10)20(22)23/h3-8H,2,9H2,1H3/b5-3+,18-17?. The number of nitrogens with zero attached hydrogens (tertiary/aromatic N) is 3. The third-order valence-corrected chi connectivity index (χ3v) is 5.93. The third-order valence-electron chi connectivity index (χ3n) is 3.88. The Morgan fingerprint density at radius 2 is 2.11 bits per heavy atom. The fourth-order valence-electron chi connectivity index (χ4n) is 2.67. The van der Waals surface area contributed by atoms with Crippen LogP contribution in [0.1, 0.15) is 11.8 Å². The molecule has 0 radical (unpaired) electrons. The first-order chi connectivity index (χ1) is 13.0. The fraction of sp³-hybridized carbons (Fsp3) is 0.176. The van der Waals surface area contributed by atoms with Gasteiger partial charge >= 0.3 is 5.00 Å². The first-order valence-corrected chi connectivity index (χ1v) is 9.62. The van der Waals surface area contributed by atoms with E-state index in [4.69, 9.17) is 9.47 Å². The molecule has 1 aliphatic rings. The SMILES string of the molecule is CCn1c(=NC(=O)/C=C/c2ccc([N+](=O)[O-])s2)sc2cc3c(cc21)OCO3. The molecule has 0 fully saturated rings. The highest BCUT2D eigenvalue weighted by molar-refractivity contribution is 7.16. The minimum absolute atomic E-state index is 0.0323. The highest BCUT2D eigenvalue weighted by atomic mass is 32.1. The maximum Gasteiger partial charge on any atom is 0.324 e. The Bertz CT molecular complexity index is 1160. The molecule has 10 heteroatoms. The van der Waals surface area contributed by atoms with Crippen molar-refractivity contribution in [3.05, 3.63) is 50.1 Å². The zero-order chi connectivity index (χ0) is 19.0. The van der Waals surface area contributed by atoms with Gasteiger partial charge in [0.05, 0.1) is 15.1 Å². The molecule has 2 aromatic heterocycles. The summed E-state index contributed by atoms with van der Waals surface area (Å²) in [4.78, 5) is 27.9. The van der Waals surface area contributed by atoms with Crippen LogP contribution in [0.15, 0.2) is 35.3 Å². The van der Waals surface area contributed by atoms with Crippen LogP contribution in [0.2, 0.25) is 0 Å². The summed E-state index contributed by atoms with van der Waals surface area (Å²) >= 11 is 2.39. The number of fused-ring (bicyclic) bond motifs is 2. The average molecular weight is 403 g/mol. The van der Waals surface area contributed by atoms with Crippen LogP contribution in [0.25, 0.3) is 16.3 Å². The molecule has 1 aliphatic heterocycles. The molecule has 138 valence electrons. The molecule has 0 bridgehead atoms. The van der Waals surface area contributed by atoms with Gasteiger partial charge < -0.3 is 14.0 Å². The molecule has 8 nitrogen and oxygen atoms in total. The summed E-state index contributed by atoms with van der Waals surface area (Å²) in [6, 6.07) is 6.78. The number of aryl methyl sites for hydroxylation is 1. The Morgan fingerprint density at radius 3 is 2.81 bits per heavy atom. The monoisotopic (exact) mass is 403 g/mol. The van der Waals surface area contributed by atoms with Crippen LogP contribution >= 0.6 is 22.7 Å². The summed E-state index contributed by atoms with van der Waals surface area (Å²) in [6.07, 6.45) is 2.84. The predicted octanol–water partition coefficient (Wildman–Crippen LogP) is 3.56. The molecule has 0 saturated carbocycles. The lowest BCUT2D eigenvalue weighted by molar-refractivity contribution is -0.380. The van der Waals surface area contributed by atoms with Gasteiger partial charge in [0.1, 0.15) is 0 Å². The highest BCUT2D eigenvalue weighted by Crippen LogP contribution is 2.36. The Labute approximate surface area is 160 Å². The number of benzene rings is 1. The van der Waals surface area contributed by atoms with E-state index >= 15 is 0 Å². The van der Waals surface area contributed by atoms with Crippen LogP contribution in [0.4, 0.5) is 5.00 Å². The number of amides is 1. The van der Waals surface area contributed by atoms with Crippen LogP contribution < -0.4 is 14.3 Å². The summed E-state index contributed by atoms with van der Waals surface area (Å²) in [5.41, 5.74) is 0.927. The topological polar surface area (TPSA) is 96.0 Å². The number of thiophene rings is 1. The zero-order valence-corrected chi connectivity index (χ0v) is 15.7. The second-order valence-electron chi connectivity index (χ2n) is 5.52. The number of aromatic nitrogens is 1. The molecule has 27 heavy (non-hydrogen) atoms. The summed E-state index contributed by atoms with van der Waals surface area (Å²) in [6.45, 7) is 2.83. The predicted molar refractivity (Wildman–Crippen MR) is 102 cm³/mol. The zero-order valence-electron chi connectivity index (χ0n) is 14.1. The summed E-state index contributed by atoms with van der Waals surface area (Å²) < 4.78 is 13.7. The van der Waals surface area contributed by atoms with E-state index in [1.54, 1.807) is 6.07 Å². The minimum Gasteiger partial charge on any atom is -0.454 e. The van der Waals surface area contributed by atoms with Crippen molar-refractivity contribution in [1.29, 1.82) is 0 Å². The van der Waals surface area contributed by atoms with Gasteiger partial charge in [-0.3, -0.25) is 14.9 Å². The minimum atomic E-state index is -0.458. The van der Waals surface area contributed by atoms with Gasteiger partial charge in [0, 0.05) is 35.7 Å². The van der Waals surface area contributed by atoms with Gasteiger partial charge in [0.25, 0.3) is 5.91 Å². The van der Waals surface area contributed by atoms with E-state index in [9.17, 15) is 14.9 Å². The fourth-order valence-corrected chi connectivity index (χ4v) is 4.50. The molecule has 0 atom stereocenters. The van der Waals surface area contributed by atoms with E-state index in [0.717, 1.165) is 21.6 Å². The van der Waals surface area contributed by atoms with E-state index in [0.29, 0.717) is 27.7 Å². The quantitative estimate of drug-likeness (QED) is 0.377. The number of hydrogen-bond acceptors (Lipinski definition) is 7. The van der Waals surface area contributed by atoms with Crippen molar-refractivity contribution in [3.8, 4) is 11.5 Å². The second-order valence-corrected chi connectivity index (χ2v) is 7.62. The molecular formula is C17H13N3O5S2. The van der Waals surface area contributed by atoms with E-state index in [1.807, 2.05) is 23.6 Å². The van der Waals surface area contributed by atoms with Gasteiger partial charge in [-0.15, -0.1) is 0 Å². The van der Waals surface area contributed by atoms with Crippen molar-refractivity contribution >= 4 is 49.9 Å². The van der Waals surface area contributed by atoms with Crippen molar-refractivity contribution in [2.75, 3.05) is 6.79 Å². The summed E-state index contributed by atoms with van der Waals surface area (Å²) in [5.74, 6) is 0.934. The van der Waals surface area contributed by atoms with Crippen molar-refractivity contribution in [2.24, 2.45) is 4.99 Å².